The van der Waals surface area contributed by atoms with Crippen LogP contribution in [0.4, 0.5) is 0 Å². The van der Waals surface area contributed by atoms with Crippen molar-refractivity contribution in [1.29, 1.82) is 0 Å². The molecule has 4 nitrogen and oxygen atoms in total. The van der Waals surface area contributed by atoms with Gasteiger partial charge in [0.15, 0.2) is 0 Å². The molecule has 0 unspecified atom stereocenters. The minimum atomic E-state index is -0.903. The molecule has 0 saturated carbocycles. The van der Waals surface area contributed by atoms with Crippen molar-refractivity contribution >= 4 is 23.5 Å². The average Bonchev–Trinajstić information content (AvgIpc) is 2.61. The van der Waals surface area contributed by atoms with Gasteiger partial charge in [0.05, 0.1) is 18.4 Å². The van der Waals surface area contributed by atoms with Gasteiger partial charge in [0.1, 0.15) is 0 Å². The number of benzene rings is 2. The Hall–Kier alpha value is -2.33. The van der Waals surface area contributed by atoms with E-state index in [0.29, 0.717) is 18.1 Å². The first-order chi connectivity index (χ1) is 12.4. The maximum absolute atomic E-state index is 11.8. The molecule has 0 spiro atoms. The Labute approximate surface area is 158 Å². The normalized spacial score (nSPS) is 13.0. The Morgan fingerprint density at radius 1 is 1.12 bits per heavy atom. The van der Waals surface area contributed by atoms with Crippen molar-refractivity contribution in [3.05, 3.63) is 59.1 Å². The minimum absolute atomic E-state index is 0.254. The van der Waals surface area contributed by atoms with E-state index in [-0.39, 0.29) is 12.4 Å². The van der Waals surface area contributed by atoms with Crippen molar-refractivity contribution in [2.45, 2.75) is 26.7 Å². The number of carboxylic acid groups (broad SMARTS) is 1. The van der Waals surface area contributed by atoms with Crippen LogP contribution in [-0.4, -0.2) is 23.7 Å². The summed E-state index contributed by atoms with van der Waals surface area (Å²) >= 11 is 6.02. The number of esters is 1. The summed E-state index contributed by atoms with van der Waals surface area (Å²) < 4.78 is 4.97. The van der Waals surface area contributed by atoms with Gasteiger partial charge in [-0.05, 0) is 48.6 Å². The van der Waals surface area contributed by atoms with Gasteiger partial charge in [-0.1, -0.05) is 54.9 Å². The summed E-state index contributed by atoms with van der Waals surface area (Å²) in [6.07, 6.45) is 0.624. The number of hydrogen-bond donors (Lipinski definition) is 1. The summed E-state index contributed by atoms with van der Waals surface area (Å²) in [4.78, 5) is 23.3. The third-order valence-corrected chi connectivity index (χ3v) is 4.51. The molecular weight excluding hydrogens is 352 g/mol. The highest BCUT2D eigenvalue weighted by atomic mass is 35.5. The van der Waals surface area contributed by atoms with Gasteiger partial charge in [-0.2, -0.15) is 0 Å². The lowest BCUT2D eigenvalue weighted by molar-refractivity contribution is -0.149. The van der Waals surface area contributed by atoms with E-state index in [1.54, 1.807) is 13.8 Å². The van der Waals surface area contributed by atoms with Gasteiger partial charge in [-0.3, -0.25) is 9.59 Å². The van der Waals surface area contributed by atoms with Crippen molar-refractivity contribution in [3.8, 4) is 11.1 Å². The second-order valence-corrected chi connectivity index (χ2v) is 6.77. The van der Waals surface area contributed by atoms with E-state index in [1.807, 2.05) is 48.5 Å². The Morgan fingerprint density at radius 3 is 2.38 bits per heavy atom. The second kappa shape index (κ2) is 9.39. The van der Waals surface area contributed by atoms with E-state index in [9.17, 15) is 14.7 Å². The fraction of sp³-hybridized carbons (Fsp3) is 0.333. The molecule has 5 heteroatoms. The summed E-state index contributed by atoms with van der Waals surface area (Å²) in [5.74, 6) is -2.33. The van der Waals surface area contributed by atoms with Crippen LogP contribution >= 0.6 is 11.6 Å². The maximum atomic E-state index is 11.8. The van der Waals surface area contributed by atoms with Crippen LogP contribution in [0.1, 0.15) is 25.8 Å². The van der Waals surface area contributed by atoms with Crippen LogP contribution in [0.5, 0.6) is 0 Å². The molecule has 0 aromatic heterocycles. The molecule has 0 fully saturated rings. The van der Waals surface area contributed by atoms with E-state index in [0.717, 1.165) is 16.7 Å². The molecular formula is C21H23ClO4. The first-order valence-electron chi connectivity index (χ1n) is 8.65. The summed E-state index contributed by atoms with van der Waals surface area (Å²) in [6.45, 7) is 3.74. The molecule has 0 bridgehead atoms. The number of halogens is 1. The smallest absolute Gasteiger partial charge is 0.308 e. The number of hydrogen-bond acceptors (Lipinski definition) is 3. The van der Waals surface area contributed by atoms with Gasteiger partial charge in [-0.15, -0.1) is 0 Å². The molecule has 0 aliphatic rings. The van der Waals surface area contributed by atoms with Gasteiger partial charge in [0.25, 0.3) is 0 Å². The van der Waals surface area contributed by atoms with E-state index in [2.05, 4.69) is 0 Å². The molecule has 0 saturated heterocycles. The third kappa shape index (κ3) is 5.60. The van der Waals surface area contributed by atoms with Gasteiger partial charge >= 0.3 is 11.9 Å². The zero-order valence-electron chi connectivity index (χ0n) is 14.9. The molecule has 26 heavy (non-hydrogen) atoms. The largest absolute Gasteiger partial charge is 0.481 e. The molecule has 2 atom stereocenters. The number of rotatable bonds is 8. The Kier molecular flexibility index (Phi) is 7.22. The van der Waals surface area contributed by atoms with Crippen molar-refractivity contribution in [3.63, 3.8) is 0 Å². The molecule has 0 heterocycles. The number of carbonyl (C=O) groups excluding carboxylic acids is 1. The molecule has 0 aliphatic carbocycles. The van der Waals surface area contributed by atoms with Gasteiger partial charge in [0, 0.05) is 5.02 Å². The van der Waals surface area contributed by atoms with Crippen molar-refractivity contribution in [1.82, 2.24) is 0 Å². The first kappa shape index (κ1) is 20.0. The fourth-order valence-electron chi connectivity index (χ4n) is 2.86. The highest BCUT2D eigenvalue weighted by Crippen LogP contribution is 2.25. The maximum Gasteiger partial charge on any atom is 0.308 e. The van der Waals surface area contributed by atoms with E-state index < -0.39 is 17.8 Å². The number of ether oxygens (including phenoxy) is 1. The molecule has 2 rings (SSSR count). The quantitative estimate of drug-likeness (QED) is 0.671. The van der Waals surface area contributed by atoms with Crippen LogP contribution in [0.2, 0.25) is 5.02 Å². The van der Waals surface area contributed by atoms with Crippen LogP contribution in [0, 0.1) is 11.8 Å². The number of aliphatic carboxylic acids is 1. The fourth-order valence-corrected chi connectivity index (χ4v) is 3.06. The topological polar surface area (TPSA) is 63.6 Å². The van der Waals surface area contributed by atoms with E-state index in [4.69, 9.17) is 16.3 Å². The lowest BCUT2D eigenvalue weighted by Crippen LogP contribution is -2.24. The lowest BCUT2D eigenvalue weighted by atomic mass is 9.89. The van der Waals surface area contributed by atoms with Crippen LogP contribution in [0.25, 0.3) is 11.1 Å². The number of carbonyl (C=O) groups is 2. The van der Waals surface area contributed by atoms with Gasteiger partial charge < -0.3 is 9.84 Å². The standard InChI is InChI=1S/C21H23ClO4/c1-3-26-21(25)14(2)11-18(20(23)24)12-15-7-9-16(10-8-15)17-5-4-6-19(22)13-17/h4-10,13-14,18H,3,11-12H2,1-2H3,(H,23,24)/t14-,18+/m1/s1. The predicted octanol–water partition coefficient (Wildman–Crippen LogP) is 4.84. The Balaban J connectivity index is 2.07. The average molecular weight is 375 g/mol. The second-order valence-electron chi connectivity index (χ2n) is 6.34. The van der Waals surface area contributed by atoms with Gasteiger partial charge in [0.2, 0.25) is 0 Å². The Bertz CT molecular complexity index is 755. The molecule has 0 amide bonds. The van der Waals surface area contributed by atoms with Crippen molar-refractivity contribution in [2.24, 2.45) is 11.8 Å². The van der Waals surface area contributed by atoms with Crippen LogP contribution in [-0.2, 0) is 20.7 Å². The van der Waals surface area contributed by atoms with Crippen molar-refractivity contribution < 1.29 is 19.4 Å². The van der Waals surface area contributed by atoms with E-state index >= 15 is 0 Å². The third-order valence-electron chi connectivity index (χ3n) is 4.27. The summed E-state index contributed by atoms with van der Waals surface area (Å²) in [7, 11) is 0. The summed E-state index contributed by atoms with van der Waals surface area (Å²) in [5, 5.41) is 10.2. The highest BCUT2D eigenvalue weighted by Gasteiger charge is 2.25. The van der Waals surface area contributed by atoms with Crippen LogP contribution in [0.15, 0.2) is 48.5 Å². The summed E-state index contributed by atoms with van der Waals surface area (Å²) in [6, 6.07) is 15.3. The molecule has 0 radical (unpaired) electrons. The first-order valence-corrected chi connectivity index (χ1v) is 9.02. The van der Waals surface area contributed by atoms with Crippen LogP contribution in [0.3, 0.4) is 0 Å². The van der Waals surface area contributed by atoms with E-state index in [1.165, 1.54) is 0 Å². The monoisotopic (exact) mass is 374 g/mol. The molecule has 2 aromatic carbocycles. The molecule has 2 aromatic rings. The lowest BCUT2D eigenvalue weighted by Gasteiger charge is -2.17. The zero-order chi connectivity index (χ0) is 19.1. The Morgan fingerprint density at radius 2 is 1.81 bits per heavy atom. The minimum Gasteiger partial charge on any atom is -0.481 e. The number of carboxylic acids is 1. The summed E-state index contributed by atoms with van der Waals surface area (Å²) in [5.41, 5.74) is 2.94. The predicted molar refractivity (Wildman–Crippen MR) is 102 cm³/mol. The molecule has 0 aliphatic heterocycles. The van der Waals surface area contributed by atoms with Crippen molar-refractivity contribution in [2.75, 3.05) is 6.61 Å². The molecule has 1 N–H and O–H groups in total. The van der Waals surface area contributed by atoms with Crippen LogP contribution < -0.4 is 0 Å². The highest BCUT2D eigenvalue weighted by molar-refractivity contribution is 6.30. The van der Waals surface area contributed by atoms with Gasteiger partial charge in [-0.25, -0.2) is 0 Å². The SMILES string of the molecule is CCOC(=O)[C@H](C)C[C@@H](Cc1ccc(-c2cccc(Cl)c2)cc1)C(=O)O. The zero-order valence-corrected chi connectivity index (χ0v) is 15.7. The molecule has 138 valence electrons.